The number of rotatable bonds is 4. The van der Waals surface area contributed by atoms with Crippen LogP contribution < -0.4 is 0 Å². The molecule has 142 valence electrons. The quantitative estimate of drug-likeness (QED) is 0.645. The van der Waals surface area contributed by atoms with Crippen LogP contribution >= 0.6 is 11.6 Å². The van der Waals surface area contributed by atoms with Gasteiger partial charge in [-0.1, -0.05) is 29.8 Å². The van der Waals surface area contributed by atoms with Crippen LogP contribution in [0.2, 0.25) is 5.02 Å². The lowest BCUT2D eigenvalue weighted by Gasteiger charge is -2.32. The van der Waals surface area contributed by atoms with Crippen molar-refractivity contribution in [1.29, 1.82) is 0 Å². The maximum absolute atomic E-state index is 12.7. The van der Waals surface area contributed by atoms with Gasteiger partial charge in [0.1, 0.15) is 0 Å². The van der Waals surface area contributed by atoms with Crippen molar-refractivity contribution in [2.45, 2.75) is 25.2 Å². The Bertz CT molecular complexity index is 961. The minimum atomic E-state index is 0.168. The molecule has 0 N–H and O–H groups in total. The minimum Gasteiger partial charge on any atom is -0.342 e. The van der Waals surface area contributed by atoms with Crippen LogP contribution in [0.15, 0.2) is 67.0 Å². The number of halogens is 1. The molecular formula is C23H22ClN3O. The molecule has 1 aliphatic heterocycles. The summed E-state index contributed by atoms with van der Waals surface area (Å²) in [5.74, 6) is 0.427. The zero-order chi connectivity index (χ0) is 19.3. The second kappa shape index (κ2) is 8.53. The van der Waals surface area contributed by atoms with Crippen LogP contribution in [0.3, 0.4) is 0 Å². The Balaban J connectivity index is 1.49. The Kier molecular flexibility index (Phi) is 5.68. The van der Waals surface area contributed by atoms with Gasteiger partial charge < -0.3 is 4.90 Å². The lowest BCUT2D eigenvalue weighted by Crippen LogP contribution is -2.40. The number of piperidine rings is 1. The van der Waals surface area contributed by atoms with E-state index in [1.165, 1.54) is 0 Å². The molecule has 0 unspecified atom stereocenters. The first-order valence-corrected chi connectivity index (χ1v) is 9.96. The summed E-state index contributed by atoms with van der Waals surface area (Å²) in [6, 6.07) is 17.7. The molecule has 0 saturated carbocycles. The van der Waals surface area contributed by atoms with Crippen LogP contribution in [-0.4, -0.2) is 33.9 Å². The van der Waals surface area contributed by atoms with E-state index in [1.54, 1.807) is 12.4 Å². The van der Waals surface area contributed by atoms with Crippen molar-refractivity contribution in [3.8, 4) is 11.3 Å². The van der Waals surface area contributed by atoms with E-state index in [9.17, 15) is 4.79 Å². The van der Waals surface area contributed by atoms with E-state index >= 15 is 0 Å². The average molecular weight is 392 g/mol. The third kappa shape index (κ3) is 4.39. The number of benzene rings is 1. The number of nitrogens with zero attached hydrogens (tertiary/aromatic N) is 3. The van der Waals surface area contributed by atoms with Gasteiger partial charge in [0, 0.05) is 47.7 Å². The van der Waals surface area contributed by atoms with Gasteiger partial charge in [0.2, 0.25) is 5.91 Å². The van der Waals surface area contributed by atoms with Crippen molar-refractivity contribution in [2.24, 2.45) is 0 Å². The summed E-state index contributed by atoms with van der Waals surface area (Å²) in [5, 5.41) is 0.704. The standard InChI is InChI=1S/C23H22ClN3O/c24-20-6-1-4-18(15-20)21-7-2-8-22(26-21)19-5-3-13-27(16-19)23(28)14-17-9-11-25-12-10-17/h1-2,4,6-12,15,19H,3,5,13-14,16H2/t19-/m1/s1. The van der Waals surface area contributed by atoms with Gasteiger partial charge in [-0.3, -0.25) is 14.8 Å². The molecule has 3 aromatic rings. The zero-order valence-corrected chi connectivity index (χ0v) is 16.3. The predicted molar refractivity (Wildman–Crippen MR) is 111 cm³/mol. The fourth-order valence-electron chi connectivity index (χ4n) is 3.72. The topological polar surface area (TPSA) is 46.1 Å². The Morgan fingerprint density at radius 2 is 1.93 bits per heavy atom. The third-order valence-electron chi connectivity index (χ3n) is 5.19. The number of hydrogen-bond acceptors (Lipinski definition) is 3. The van der Waals surface area contributed by atoms with Crippen molar-refractivity contribution in [1.82, 2.24) is 14.9 Å². The molecule has 5 heteroatoms. The fraction of sp³-hybridized carbons (Fsp3) is 0.261. The average Bonchev–Trinajstić information content (AvgIpc) is 2.75. The molecule has 4 nitrogen and oxygen atoms in total. The van der Waals surface area contributed by atoms with Crippen molar-refractivity contribution in [3.05, 3.63) is 83.3 Å². The first-order valence-electron chi connectivity index (χ1n) is 9.58. The van der Waals surface area contributed by atoms with Crippen LogP contribution in [0.25, 0.3) is 11.3 Å². The van der Waals surface area contributed by atoms with Gasteiger partial charge in [-0.05, 0) is 54.8 Å². The van der Waals surface area contributed by atoms with Crippen molar-refractivity contribution >= 4 is 17.5 Å². The van der Waals surface area contributed by atoms with Gasteiger partial charge in [-0.15, -0.1) is 0 Å². The Morgan fingerprint density at radius 3 is 2.75 bits per heavy atom. The van der Waals surface area contributed by atoms with E-state index in [1.807, 2.05) is 53.4 Å². The molecule has 1 saturated heterocycles. The monoisotopic (exact) mass is 391 g/mol. The SMILES string of the molecule is O=C(Cc1ccncc1)N1CCC[C@@H](c2cccc(-c3cccc(Cl)c3)n2)C1. The number of likely N-dealkylation sites (tertiary alicyclic amines) is 1. The van der Waals surface area contributed by atoms with Crippen LogP contribution in [0.1, 0.15) is 30.0 Å². The fourth-order valence-corrected chi connectivity index (χ4v) is 3.91. The number of pyridine rings is 2. The summed E-state index contributed by atoms with van der Waals surface area (Å²) in [6.45, 7) is 1.53. The number of hydrogen-bond donors (Lipinski definition) is 0. The zero-order valence-electron chi connectivity index (χ0n) is 15.6. The number of carbonyl (C=O) groups is 1. The predicted octanol–water partition coefficient (Wildman–Crippen LogP) is 4.75. The van der Waals surface area contributed by atoms with E-state index in [0.29, 0.717) is 11.4 Å². The molecule has 2 aromatic heterocycles. The molecule has 1 fully saturated rings. The molecule has 0 bridgehead atoms. The van der Waals surface area contributed by atoms with Gasteiger partial charge >= 0.3 is 0 Å². The highest BCUT2D eigenvalue weighted by Gasteiger charge is 2.25. The number of carbonyl (C=O) groups excluding carboxylic acids is 1. The Labute approximate surface area is 170 Å². The molecule has 0 radical (unpaired) electrons. The molecule has 1 amide bonds. The molecule has 3 heterocycles. The second-order valence-corrected chi connectivity index (χ2v) is 7.61. The highest BCUT2D eigenvalue weighted by atomic mass is 35.5. The van der Waals surface area contributed by atoms with Gasteiger partial charge in [0.25, 0.3) is 0 Å². The third-order valence-corrected chi connectivity index (χ3v) is 5.42. The van der Waals surface area contributed by atoms with E-state index in [0.717, 1.165) is 48.4 Å². The molecule has 4 rings (SSSR count). The molecule has 1 aliphatic rings. The van der Waals surface area contributed by atoms with Crippen LogP contribution in [0, 0.1) is 0 Å². The van der Waals surface area contributed by atoms with Crippen LogP contribution in [0.5, 0.6) is 0 Å². The number of aromatic nitrogens is 2. The molecule has 0 aliphatic carbocycles. The summed E-state index contributed by atoms with van der Waals surface area (Å²) in [7, 11) is 0. The first-order chi connectivity index (χ1) is 13.7. The molecule has 28 heavy (non-hydrogen) atoms. The lowest BCUT2D eigenvalue weighted by molar-refractivity contribution is -0.131. The highest BCUT2D eigenvalue weighted by Crippen LogP contribution is 2.28. The normalized spacial score (nSPS) is 16.8. The minimum absolute atomic E-state index is 0.168. The number of amides is 1. The summed E-state index contributed by atoms with van der Waals surface area (Å²) in [4.78, 5) is 23.6. The van der Waals surface area contributed by atoms with E-state index < -0.39 is 0 Å². The highest BCUT2D eigenvalue weighted by molar-refractivity contribution is 6.30. The van der Waals surface area contributed by atoms with Crippen molar-refractivity contribution in [3.63, 3.8) is 0 Å². The smallest absolute Gasteiger partial charge is 0.227 e. The van der Waals surface area contributed by atoms with Crippen molar-refractivity contribution < 1.29 is 4.79 Å². The van der Waals surface area contributed by atoms with E-state index in [4.69, 9.17) is 16.6 Å². The first kappa shape index (κ1) is 18.6. The van der Waals surface area contributed by atoms with Crippen LogP contribution in [-0.2, 0) is 11.2 Å². The molecule has 1 aromatic carbocycles. The van der Waals surface area contributed by atoms with Gasteiger partial charge in [0.05, 0.1) is 12.1 Å². The molecule has 1 atom stereocenters. The lowest BCUT2D eigenvalue weighted by atomic mass is 9.93. The van der Waals surface area contributed by atoms with E-state index in [2.05, 4.69) is 11.1 Å². The summed E-state index contributed by atoms with van der Waals surface area (Å²) < 4.78 is 0. The Morgan fingerprint density at radius 1 is 1.11 bits per heavy atom. The summed E-state index contributed by atoms with van der Waals surface area (Å²) in [5.41, 5.74) is 3.97. The maximum atomic E-state index is 12.7. The Hall–Kier alpha value is -2.72. The second-order valence-electron chi connectivity index (χ2n) is 7.17. The molecular weight excluding hydrogens is 370 g/mol. The van der Waals surface area contributed by atoms with Crippen molar-refractivity contribution in [2.75, 3.05) is 13.1 Å². The van der Waals surface area contributed by atoms with E-state index in [-0.39, 0.29) is 11.8 Å². The van der Waals surface area contributed by atoms with Crippen LogP contribution in [0.4, 0.5) is 0 Å². The van der Waals surface area contributed by atoms with Gasteiger partial charge in [0.15, 0.2) is 0 Å². The van der Waals surface area contributed by atoms with Gasteiger partial charge in [-0.2, -0.15) is 0 Å². The maximum Gasteiger partial charge on any atom is 0.227 e. The molecule has 0 spiro atoms. The van der Waals surface area contributed by atoms with Gasteiger partial charge in [-0.25, -0.2) is 0 Å². The summed E-state index contributed by atoms with van der Waals surface area (Å²) >= 11 is 6.13. The summed E-state index contributed by atoms with van der Waals surface area (Å²) in [6.07, 6.45) is 5.92. The largest absolute Gasteiger partial charge is 0.342 e.